The molecule has 10 heteroatoms. The van der Waals surface area contributed by atoms with Crippen LogP contribution in [0.25, 0.3) is 0 Å². The van der Waals surface area contributed by atoms with Gasteiger partial charge in [0.15, 0.2) is 0 Å². The molecule has 1 aromatic rings. The number of ether oxygens (including phenoxy) is 1. The number of nitrogens with one attached hydrogen (secondary N) is 2. The minimum Gasteiger partial charge on any atom is -0.443 e. The number of piperidine rings is 2. The molecule has 1 unspecified atom stereocenters. The van der Waals surface area contributed by atoms with E-state index in [2.05, 4.69) is 25.5 Å². The summed E-state index contributed by atoms with van der Waals surface area (Å²) in [6.45, 7) is 12.3. The number of piperazine rings is 1. The van der Waals surface area contributed by atoms with Gasteiger partial charge in [-0.1, -0.05) is 6.07 Å². The van der Waals surface area contributed by atoms with E-state index >= 15 is 0 Å². The van der Waals surface area contributed by atoms with Crippen LogP contribution in [0.4, 0.5) is 10.6 Å². The van der Waals surface area contributed by atoms with E-state index in [-0.39, 0.29) is 23.8 Å². The molecule has 0 radical (unpaired) electrons. The van der Waals surface area contributed by atoms with Crippen LogP contribution in [0.3, 0.4) is 0 Å². The van der Waals surface area contributed by atoms with Gasteiger partial charge in [0.2, 0.25) is 11.8 Å². The Kier molecular flexibility index (Phi) is 8.46. The molecule has 0 aromatic carbocycles. The molecule has 3 fully saturated rings. The van der Waals surface area contributed by atoms with E-state index in [1.54, 1.807) is 6.20 Å². The Bertz CT molecular complexity index is 915. The molecule has 198 valence electrons. The molecule has 36 heavy (non-hydrogen) atoms. The van der Waals surface area contributed by atoms with Crippen molar-refractivity contribution in [3.8, 4) is 0 Å². The maximum absolute atomic E-state index is 12.1. The van der Waals surface area contributed by atoms with Crippen molar-refractivity contribution in [3.63, 3.8) is 0 Å². The molecule has 0 saturated carbocycles. The van der Waals surface area contributed by atoms with E-state index in [0.717, 1.165) is 70.0 Å². The molecule has 1 atom stereocenters. The van der Waals surface area contributed by atoms with Crippen LogP contribution in [0.5, 0.6) is 0 Å². The maximum Gasteiger partial charge on any atom is 0.422 e. The Morgan fingerprint density at radius 2 is 1.81 bits per heavy atom. The lowest BCUT2D eigenvalue weighted by atomic mass is 9.92. The van der Waals surface area contributed by atoms with Crippen molar-refractivity contribution in [1.29, 1.82) is 0 Å². The van der Waals surface area contributed by atoms with Gasteiger partial charge in [0.1, 0.15) is 11.4 Å². The zero-order valence-electron chi connectivity index (χ0n) is 21.8. The largest absolute Gasteiger partial charge is 0.443 e. The average Bonchev–Trinajstić information content (AvgIpc) is 2.83. The molecule has 1 aromatic heterocycles. The van der Waals surface area contributed by atoms with Crippen LogP contribution in [-0.4, -0.2) is 84.2 Å². The average molecular weight is 501 g/mol. The number of anilines is 1. The molecule has 3 aliphatic heterocycles. The minimum atomic E-state index is -0.484. The summed E-state index contributed by atoms with van der Waals surface area (Å²) in [4.78, 5) is 44.9. The van der Waals surface area contributed by atoms with Crippen LogP contribution < -0.4 is 15.6 Å². The molecule has 10 nitrogen and oxygen atoms in total. The number of pyridine rings is 1. The number of imide groups is 1. The first-order valence-corrected chi connectivity index (χ1v) is 13.2. The third kappa shape index (κ3) is 7.39. The van der Waals surface area contributed by atoms with E-state index in [4.69, 9.17) is 4.74 Å². The van der Waals surface area contributed by atoms with Crippen molar-refractivity contribution < 1.29 is 19.1 Å². The lowest BCUT2D eigenvalue weighted by Crippen LogP contribution is -2.49. The molecule has 2 N–H and O–H groups in total. The normalized spacial score (nSPS) is 22.9. The molecule has 4 rings (SSSR count). The van der Waals surface area contributed by atoms with Crippen molar-refractivity contribution in [2.75, 3.05) is 50.7 Å². The number of hydrogen-bond donors (Lipinski definition) is 2. The number of nitrogens with zero attached hydrogens (tertiary/aromatic N) is 4. The van der Waals surface area contributed by atoms with Gasteiger partial charge >= 0.3 is 6.09 Å². The smallest absolute Gasteiger partial charge is 0.422 e. The van der Waals surface area contributed by atoms with Crippen molar-refractivity contribution in [2.45, 2.75) is 64.4 Å². The van der Waals surface area contributed by atoms with Crippen molar-refractivity contribution in [1.82, 2.24) is 25.6 Å². The highest BCUT2D eigenvalue weighted by atomic mass is 16.6. The molecule has 3 aliphatic rings. The second kappa shape index (κ2) is 11.6. The second-order valence-electron chi connectivity index (χ2n) is 11.1. The molecule has 4 heterocycles. The third-order valence-electron chi connectivity index (χ3n) is 7.22. The summed E-state index contributed by atoms with van der Waals surface area (Å²) in [7, 11) is 0. The number of carbonyl (C=O) groups is 3. The summed E-state index contributed by atoms with van der Waals surface area (Å²) >= 11 is 0. The van der Waals surface area contributed by atoms with Crippen LogP contribution in [0.2, 0.25) is 0 Å². The zero-order chi connectivity index (χ0) is 25.7. The molecule has 0 aliphatic carbocycles. The number of amides is 3. The summed E-state index contributed by atoms with van der Waals surface area (Å²) in [5, 5.41) is 4.39. The zero-order valence-corrected chi connectivity index (χ0v) is 21.8. The highest BCUT2D eigenvalue weighted by Crippen LogP contribution is 2.26. The molecular formula is C26H40N6O4. The standard InChI is InChI=1S/C26H40N6O4/c1-26(2,3)36-25(35)29-32-12-9-19(10-13-32)8-11-30-14-16-31(17-15-30)22-6-4-20(18-27-22)21-5-7-23(33)28-24(21)34/h4,6,18-19,21H,5,7-17H2,1-3H3,(H,29,35)(H,28,33,34). The highest BCUT2D eigenvalue weighted by molar-refractivity contribution is 6.00. The lowest BCUT2D eigenvalue weighted by molar-refractivity contribution is -0.134. The fourth-order valence-electron chi connectivity index (χ4n) is 5.13. The topological polar surface area (TPSA) is 107 Å². The highest BCUT2D eigenvalue weighted by Gasteiger charge is 2.29. The van der Waals surface area contributed by atoms with Gasteiger partial charge in [-0.3, -0.25) is 25.2 Å². The van der Waals surface area contributed by atoms with E-state index in [0.29, 0.717) is 18.8 Å². The van der Waals surface area contributed by atoms with Crippen molar-refractivity contribution >= 4 is 23.7 Å². The summed E-state index contributed by atoms with van der Waals surface area (Å²) in [5.74, 6) is 0.913. The van der Waals surface area contributed by atoms with Gasteiger partial charge in [-0.25, -0.2) is 14.8 Å². The predicted octanol–water partition coefficient (Wildman–Crippen LogP) is 2.27. The van der Waals surface area contributed by atoms with Gasteiger partial charge in [0.25, 0.3) is 0 Å². The minimum absolute atomic E-state index is 0.195. The summed E-state index contributed by atoms with van der Waals surface area (Å²) in [6, 6.07) is 3.96. The Balaban J connectivity index is 1.14. The number of hydrogen-bond acceptors (Lipinski definition) is 8. The lowest BCUT2D eigenvalue weighted by Gasteiger charge is -2.37. The summed E-state index contributed by atoms with van der Waals surface area (Å²) in [6.07, 6.45) is 5.67. The van der Waals surface area contributed by atoms with Crippen molar-refractivity contribution in [3.05, 3.63) is 23.9 Å². The molecule has 3 saturated heterocycles. The van der Waals surface area contributed by atoms with Crippen LogP contribution in [0.15, 0.2) is 18.3 Å². The first kappa shape index (κ1) is 26.3. The van der Waals surface area contributed by atoms with E-state index in [1.807, 2.05) is 37.9 Å². The SMILES string of the molecule is CC(C)(C)OC(=O)NN1CCC(CCN2CCN(c3ccc(C4CCC(=O)NC4=O)cn3)CC2)CC1. The first-order valence-electron chi connectivity index (χ1n) is 13.2. The van der Waals surface area contributed by atoms with Gasteiger partial charge in [-0.15, -0.1) is 0 Å². The molecule has 0 spiro atoms. The fraction of sp³-hybridized carbons (Fsp3) is 0.692. The maximum atomic E-state index is 12.1. The quantitative estimate of drug-likeness (QED) is 0.573. The number of carbonyl (C=O) groups excluding carboxylic acids is 3. The third-order valence-corrected chi connectivity index (χ3v) is 7.22. The number of aromatic nitrogens is 1. The van der Waals surface area contributed by atoms with E-state index in [1.165, 1.54) is 6.42 Å². The van der Waals surface area contributed by atoms with Gasteiger partial charge in [-0.05, 0) is 70.5 Å². The molecule has 0 bridgehead atoms. The number of hydrazine groups is 1. The predicted molar refractivity (Wildman–Crippen MR) is 136 cm³/mol. The van der Waals surface area contributed by atoms with Gasteiger partial charge in [-0.2, -0.15) is 0 Å². The monoisotopic (exact) mass is 500 g/mol. The Labute approximate surface area is 213 Å². The van der Waals surface area contributed by atoms with Gasteiger partial charge < -0.3 is 9.64 Å². The van der Waals surface area contributed by atoms with Crippen LogP contribution in [-0.2, 0) is 14.3 Å². The fourth-order valence-corrected chi connectivity index (χ4v) is 5.13. The van der Waals surface area contributed by atoms with Crippen LogP contribution in [0.1, 0.15) is 64.4 Å². The molecular weight excluding hydrogens is 460 g/mol. The summed E-state index contributed by atoms with van der Waals surface area (Å²) in [5.41, 5.74) is 3.25. The second-order valence-corrected chi connectivity index (χ2v) is 11.1. The van der Waals surface area contributed by atoms with Crippen LogP contribution in [0, 0.1) is 5.92 Å². The Hall–Kier alpha value is -2.72. The Morgan fingerprint density at radius 1 is 1.08 bits per heavy atom. The van der Waals surface area contributed by atoms with E-state index < -0.39 is 5.60 Å². The van der Waals surface area contributed by atoms with Gasteiger partial charge in [0, 0.05) is 51.9 Å². The van der Waals surface area contributed by atoms with Crippen LogP contribution >= 0.6 is 0 Å². The van der Waals surface area contributed by atoms with Gasteiger partial charge in [0.05, 0.1) is 5.92 Å². The first-order chi connectivity index (χ1) is 17.2. The van der Waals surface area contributed by atoms with E-state index in [9.17, 15) is 14.4 Å². The molecule has 3 amide bonds. The number of rotatable bonds is 6. The Morgan fingerprint density at radius 3 is 2.42 bits per heavy atom. The van der Waals surface area contributed by atoms with Crippen molar-refractivity contribution in [2.24, 2.45) is 5.92 Å². The summed E-state index contributed by atoms with van der Waals surface area (Å²) < 4.78 is 5.34.